The lowest BCUT2D eigenvalue weighted by Gasteiger charge is -2.38. The zero-order valence-electron chi connectivity index (χ0n) is 22.5. The lowest BCUT2D eigenvalue weighted by atomic mass is 9.86. The molecule has 0 saturated heterocycles. The van der Waals surface area contributed by atoms with Gasteiger partial charge in [0.2, 0.25) is 12.5 Å². The summed E-state index contributed by atoms with van der Waals surface area (Å²) in [5, 5.41) is 0. The molecule has 0 saturated carbocycles. The SMILES string of the molecule is COc1cc(C2c3cc4c(cc3CCN2C(=O)c2c(F)cccc2F)OCO4)cc(OC)c1OCc1ccccc1. The number of halogens is 2. The lowest BCUT2D eigenvalue weighted by molar-refractivity contribution is 0.0683. The molecule has 2 aliphatic heterocycles. The first kappa shape index (κ1) is 26.4. The number of amides is 1. The number of carbonyl (C=O) groups excluding carboxylic acids is 1. The second kappa shape index (κ2) is 11.0. The van der Waals surface area contributed by atoms with Crippen LogP contribution in [0.15, 0.2) is 72.8 Å². The molecule has 6 rings (SSSR count). The van der Waals surface area contributed by atoms with Gasteiger partial charge in [-0.05, 0) is 65.1 Å². The number of hydrogen-bond donors (Lipinski definition) is 0. The molecule has 9 heteroatoms. The Balaban J connectivity index is 1.47. The molecule has 1 unspecified atom stereocenters. The highest BCUT2D eigenvalue weighted by Crippen LogP contribution is 2.47. The first-order valence-electron chi connectivity index (χ1n) is 13.1. The van der Waals surface area contributed by atoms with Crippen LogP contribution >= 0.6 is 0 Å². The molecule has 210 valence electrons. The normalized spacial score (nSPS) is 15.3. The van der Waals surface area contributed by atoms with Crippen LogP contribution in [-0.2, 0) is 13.0 Å². The highest BCUT2D eigenvalue weighted by Gasteiger charge is 2.37. The summed E-state index contributed by atoms with van der Waals surface area (Å²) in [6, 6.07) is 19.5. The molecule has 0 spiro atoms. The van der Waals surface area contributed by atoms with Crippen molar-refractivity contribution in [3.05, 3.63) is 112 Å². The zero-order valence-corrected chi connectivity index (χ0v) is 22.5. The molecule has 0 radical (unpaired) electrons. The maximum Gasteiger partial charge on any atom is 0.260 e. The highest BCUT2D eigenvalue weighted by atomic mass is 19.1. The Morgan fingerprint density at radius 3 is 2.22 bits per heavy atom. The summed E-state index contributed by atoms with van der Waals surface area (Å²) in [4.78, 5) is 15.3. The van der Waals surface area contributed by atoms with Crippen molar-refractivity contribution in [2.45, 2.75) is 19.1 Å². The van der Waals surface area contributed by atoms with E-state index < -0.39 is 29.1 Å². The Bertz CT molecular complexity index is 1560. The van der Waals surface area contributed by atoms with Gasteiger partial charge in [-0.15, -0.1) is 0 Å². The molecular formula is C32H27F2NO6. The molecule has 4 aromatic rings. The third kappa shape index (κ3) is 4.88. The van der Waals surface area contributed by atoms with E-state index in [1.807, 2.05) is 42.5 Å². The van der Waals surface area contributed by atoms with Gasteiger partial charge >= 0.3 is 0 Å². The van der Waals surface area contributed by atoms with Gasteiger partial charge in [0, 0.05) is 6.54 Å². The molecule has 0 fully saturated rings. The summed E-state index contributed by atoms with van der Waals surface area (Å²) < 4.78 is 58.3. The van der Waals surface area contributed by atoms with E-state index in [1.54, 1.807) is 12.1 Å². The number of rotatable bonds is 7. The van der Waals surface area contributed by atoms with Crippen LogP contribution < -0.4 is 23.7 Å². The number of methoxy groups -OCH3 is 2. The van der Waals surface area contributed by atoms with E-state index in [0.717, 1.165) is 28.8 Å². The molecule has 1 atom stereocenters. The average molecular weight is 560 g/mol. The number of fused-ring (bicyclic) bond motifs is 2. The van der Waals surface area contributed by atoms with Crippen molar-refractivity contribution < 1.29 is 37.3 Å². The third-order valence-electron chi connectivity index (χ3n) is 7.32. The minimum absolute atomic E-state index is 0.0844. The molecule has 7 nitrogen and oxygen atoms in total. The Kier molecular flexibility index (Phi) is 7.09. The smallest absolute Gasteiger partial charge is 0.260 e. The second-order valence-corrected chi connectivity index (χ2v) is 9.68. The van der Waals surface area contributed by atoms with Gasteiger partial charge in [-0.2, -0.15) is 0 Å². The summed E-state index contributed by atoms with van der Waals surface area (Å²) in [5.41, 5.74) is 2.63. The van der Waals surface area contributed by atoms with Crippen LogP contribution in [0.3, 0.4) is 0 Å². The molecule has 0 aromatic heterocycles. The second-order valence-electron chi connectivity index (χ2n) is 9.68. The Hall–Kier alpha value is -4.79. The van der Waals surface area contributed by atoms with Crippen LogP contribution in [-0.4, -0.2) is 38.4 Å². The fourth-order valence-electron chi connectivity index (χ4n) is 5.36. The van der Waals surface area contributed by atoms with Crippen LogP contribution in [0.4, 0.5) is 8.78 Å². The van der Waals surface area contributed by atoms with E-state index in [-0.39, 0.29) is 19.9 Å². The minimum atomic E-state index is -0.926. The summed E-state index contributed by atoms with van der Waals surface area (Å²) in [7, 11) is 3.02. The molecule has 0 aliphatic carbocycles. The number of hydrogen-bond acceptors (Lipinski definition) is 6. The van der Waals surface area contributed by atoms with Crippen molar-refractivity contribution in [2.24, 2.45) is 0 Å². The molecule has 2 aliphatic rings. The predicted molar refractivity (Wildman–Crippen MR) is 146 cm³/mol. The Morgan fingerprint density at radius 1 is 0.902 bits per heavy atom. The predicted octanol–water partition coefficient (Wildman–Crippen LogP) is 6.08. The van der Waals surface area contributed by atoms with Crippen molar-refractivity contribution in [3.8, 4) is 28.7 Å². The van der Waals surface area contributed by atoms with E-state index in [2.05, 4.69) is 0 Å². The van der Waals surface area contributed by atoms with Gasteiger partial charge in [0.25, 0.3) is 5.91 Å². The van der Waals surface area contributed by atoms with Crippen LogP contribution in [0.2, 0.25) is 0 Å². The van der Waals surface area contributed by atoms with E-state index in [4.69, 9.17) is 23.7 Å². The van der Waals surface area contributed by atoms with Crippen LogP contribution in [0.1, 0.15) is 38.7 Å². The monoisotopic (exact) mass is 559 g/mol. The van der Waals surface area contributed by atoms with Crippen LogP contribution in [0.25, 0.3) is 0 Å². The quantitative estimate of drug-likeness (QED) is 0.274. The largest absolute Gasteiger partial charge is 0.493 e. The van der Waals surface area contributed by atoms with Crippen LogP contribution in [0.5, 0.6) is 28.7 Å². The lowest BCUT2D eigenvalue weighted by Crippen LogP contribution is -2.41. The van der Waals surface area contributed by atoms with Crippen molar-refractivity contribution in [3.63, 3.8) is 0 Å². The molecule has 1 amide bonds. The van der Waals surface area contributed by atoms with Gasteiger partial charge in [0.1, 0.15) is 23.8 Å². The number of ether oxygens (including phenoxy) is 5. The van der Waals surface area contributed by atoms with Crippen molar-refractivity contribution in [2.75, 3.05) is 27.6 Å². The standard InChI is InChI=1S/C32H27F2NO6/c1-37-27-14-21(15-28(38-2)31(27)39-17-19-7-4-3-5-8-19)30-22-16-26-25(40-18-41-26)13-20(22)11-12-35(30)32(36)29-23(33)9-6-10-24(29)34/h3-10,13-16,30H,11-12,17-18H2,1-2H3. The average Bonchev–Trinajstić information content (AvgIpc) is 3.45. The molecule has 0 bridgehead atoms. The third-order valence-corrected chi connectivity index (χ3v) is 7.32. The molecule has 41 heavy (non-hydrogen) atoms. The van der Waals surface area contributed by atoms with E-state index in [0.29, 0.717) is 40.7 Å². The Labute approximate surface area is 235 Å². The fourth-order valence-corrected chi connectivity index (χ4v) is 5.36. The first-order chi connectivity index (χ1) is 20.0. The van der Waals surface area contributed by atoms with Crippen molar-refractivity contribution in [1.82, 2.24) is 4.90 Å². The van der Waals surface area contributed by atoms with Gasteiger partial charge in [-0.1, -0.05) is 36.4 Å². The maximum absolute atomic E-state index is 14.8. The zero-order chi connectivity index (χ0) is 28.5. The maximum atomic E-state index is 14.8. The Morgan fingerprint density at radius 2 is 1.56 bits per heavy atom. The summed E-state index contributed by atoms with van der Waals surface area (Å²) >= 11 is 0. The molecule has 2 heterocycles. The summed E-state index contributed by atoms with van der Waals surface area (Å²) in [6.07, 6.45) is 0.455. The number of carbonyl (C=O) groups is 1. The van der Waals surface area contributed by atoms with Gasteiger partial charge in [0.15, 0.2) is 23.0 Å². The number of benzene rings is 4. The van der Waals surface area contributed by atoms with E-state index in [9.17, 15) is 13.6 Å². The number of nitrogens with zero attached hydrogens (tertiary/aromatic N) is 1. The van der Waals surface area contributed by atoms with Gasteiger partial charge in [-0.3, -0.25) is 4.79 Å². The van der Waals surface area contributed by atoms with Crippen LogP contribution in [0, 0.1) is 11.6 Å². The van der Waals surface area contributed by atoms with Crippen molar-refractivity contribution >= 4 is 5.91 Å². The first-order valence-corrected chi connectivity index (χ1v) is 13.1. The molecule has 4 aromatic carbocycles. The van der Waals surface area contributed by atoms with E-state index in [1.165, 1.54) is 25.2 Å². The summed E-state index contributed by atoms with van der Waals surface area (Å²) in [6.45, 7) is 0.571. The highest BCUT2D eigenvalue weighted by molar-refractivity contribution is 5.95. The van der Waals surface area contributed by atoms with E-state index >= 15 is 0 Å². The fraction of sp³-hybridized carbons (Fsp3) is 0.219. The topological polar surface area (TPSA) is 66.5 Å². The van der Waals surface area contributed by atoms with Gasteiger partial charge in [-0.25, -0.2) is 8.78 Å². The molecular weight excluding hydrogens is 532 g/mol. The van der Waals surface area contributed by atoms with Crippen molar-refractivity contribution in [1.29, 1.82) is 0 Å². The minimum Gasteiger partial charge on any atom is -0.493 e. The van der Waals surface area contributed by atoms with Gasteiger partial charge < -0.3 is 28.6 Å². The van der Waals surface area contributed by atoms with Gasteiger partial charge in [0.05, 0.1) is 20.3 Å². The molecule has 0 N–H and O–H groups in total. The summed E-state index contributed by atoms with van der Waals surface area (Å²) in [5.74, 6) is -0.321.